The molecule has 10 heteroatoms. The Hall–Kier alpha value is -3.50. The summed E-state index contributed by atoms with van der Waals surface area (Å²) in [6.07, 6.45) is 7.13. The van der Waals surface area contributed by atoms with Gasteiger partial charge in [-0.1, -0.05) is 26.0 Å². The lowest BCUT2D eigenvalue weighted by molar-refractivity contribution is 0.102. The van der Waals surface area contributed by atoms with E-state index in [4.69, 9.17) is 0 Å². The first-order valence-electron chi connectivity index (χ1n) is 10.7. The number of carbonyl (C=O) groups excluding carboxylic acids is 1. The minimum Gasteiger partial charge on any atom is -0.319 e. The van der Waals surface area contributed by atoms with Crippen molar-refractivity contribution in [1.82, 2.24) is 23.5 Å². The first-order chi connectivity index (χ1) is 15.8. The Labute approximate surface area is 192 Å². The molecule has 0 saturated carbocycles. The largest absolute Gasteiger partial charge is 0.319 e. The fraction of sp³-hybridized carbons (Fsp3) is 0.261. The van der Waals surface area contributed by atoms with Crippen LogP contribution in [0.25, 0.3) is 5.65 Å². The summed E-state index contributed by atoms with van der Waals surface area (Å²) < 4.78 is 30.7. The first kappa shape index (κ1) is 22.7. The van der Waals surface area contributed by atoms with E-state index in [-0.39, 0.29) is 4.90 Å². The highest BCUT2D eigenvalue weighted by Crippen LogP contribution is 2.21. The second-order valence-corrected chi connectivity index (χ2v) is 9.58. The number of amides is 1. The summed E-state index contributed by atoms with van der Waals surface area (Å²) in [5.41, 5.74) is 3.19. The molecule has 0 atom stereocenters. The Kier molecular flexibility index (Phi) is 6.30. The van der Waals surface area contributed by atoms with E-state index in [0.29, 0.717) is 36.4 Å². The maximum absolute atomic E-state index is 12.9. The SMILES string of the molecule is CCN(CC)S(=O)(=O)c1ccc(C)c(C(=O)Nc2cnn(Cc3cn4ccccc4n3)c2)c1. The van der Waals surface area contributed by atoms with E-state index in [9.17, 15) is 13.2 Å². The molecule has 0 aliphatic carbocycles. The highest BCUT2D eigenvalue weighted by atomic mass is 32.2. The molecule has 9 nitrogen and oxygen atoms in total. The molecule has 4 aromatic rings. The van der Waals surface area contributed by atoms with E-state index in [1.807, 2.05) is 35.0 Å². The number of anilines is 1. The van der Waals surface area contributed by atoms with Gasteiger partial charge in [-0.25, -0.2) is 13.4 Å². The summed E-state index contributed by atoms with van der Waals surface area (Å²) in [5.74, 6) is -0.392. The summed E-state index contributed by atoms with van der Waals surface area (Å²) >= 11 is 0. The van der Waals surface area contributed by atoms with Crippen molar-refractivity contribution in [3.63, 3.8) is 0 Å². The first-order valence-corrected chi connectivity index (χ1v) is 12.1. The van der Waals surface area contributed by atoms with Crippen LogP contribution in [0.2, 0.25) is 0 Å². The van der Waals surface area contributed by atoms with Gasteiger partial charge in [0.25, 0.3) is 5.91 Å². The van der Waals surface area contributed by atoms with Crippen LogP contribution in [-0.4, -0.2) is 50.9 Å². The van der Waals surface area contributed by atoms with E-state index in [1.165, 1.54) is 16.4 Å². The molecule has 0 radical (unpaired) electrons. The van der Waals surface area contributed by atoms with Gasteiger partial charge in [0.2, 0.25) is 10.0 Å². The monoisotopic (exact) mass is 466 g/mol. The summed E-state index contributed by atoms with van der Waals surface area (Å²) in [4.78, 5) is 17.6. The second-order valence-electron chi connectivity index (χ2n) is 7.65. The molecule has 172 valence electrons. The topological polar surface area (TPSA) is 102 Å². The molecule has 0 aliphatic rings. The van der Waals surface area contributed by atoms with Crippen LogP contribution < -0.4 is 5.32 Å². The number of benzene rings is 1. The zero-order chi connectivity index (χ0) is 23.6. The van der Waals surface area contributed by atoms with Gasteiger partial charge < -0.3 is 9.72 Å². The fourth-order valence-electron chi connectivity index (χ4n) is 3.66. The normalized spacial score (nSPS) is 11.9. The number of aryl methyl sites for hydroxylation is 1. The molecule has 0 saturated heterocycles. The molecule has 33 heavy (non-hydrogen) atoms. The van der Waals surface area contributed by atoms with Crippen LogP contribution in [0, 0.1) is 6.92 Å². The Morgan fingerprint density at radius 1 is 1.12 bits per heavy atom. The van der Waals surface area contributed by atoms with Crippen LogP contribution in [0.4, 0.5) is 5.69 Å². The second kappa shape index (κ2) is 9.16. The Balaban J connectivity index is 1.51. The van der Waals surface area contributed by atoms with Crippen molar-refractivity contribution in [3.8, 4) is 0 Å². The zero-order valence-corrected chi connectivity index (χ0v) is 19.6. The molecule has 0 fully saturated rings. The molecular formula is C23H26N6O3S. The fourth-order valence-corrected chi connectivity index (χ4v) is 5.15. The van der Waals surface area contributed by atoms with Crippen LogP contribution in [-0.2, 0) is 16.6 Å². The Bertz CT molecular complexity index is 1370. The van der Waals surface area contributed by atoms with Gasteiger partial charge in [0.1, 0.15) is 5.65 Å². The van der Waals surface area contributed by atoms with Crippen LogP contribution in [0.15, 0.2) is 66.1 Å². The third-order valence-electron chi connectivity index (χ3n) is 5.43. The molecule has 0 bridgehead atoms. The lowest BCUT2D eigenvalue weighted by Crippen LogP contribution is -2.30. The summed E-state index contributed by atoms with van der Waals surface area (Å²) in [6.45, 7) is 6.52. The number of fused-ring (bicyclic) bond motifs is 1. The van der Waals surface area contributed by atoms with E-state index in [2.05, 4.69) is 15.4 Å². The lowest BCUT2D eigenvalue weighted by Gasteiger charge is -2.19. The standard InChI is InChI=1S/C23H26N6O3S/c1-4-29(5-2)33(31,32)20-10-9-17(3)21(12-20)23(30)26-18-13-24-28(15-18)16-19-14-27-11-7-6-8-22(27)25-19/h6-15H,4-5,16H2,1-3H3,(H,26,30). The quantitative estimate of drug-likeness (QED) is 0.430. The number of aromatic nitrogens is 4. The van der Waals surface area contributed by atoms with Crippen LogP contribution in [0.5, 0.6) is 0 Å². The summed E-state index contributed by atoms with van der Waals surface area (Å²) in [5, 5.41) is 7.11. The number of sulfonamides is 1. The van der Waals surface area contributed by atoms with Crippen molar-refractivity contribution in [2.75, 3.05) is 18.4 Å². The van der Waals surface area contributed by atoms with Crippen LogP contribution in [0.1, 0.15) is 35.5 Å². The number of rotatable bonds is 8. The van der Waals surface area contributed by atoms with Crippen LogP contribution in [0.3, 0.4) is 0 Å². The van der Waals surface area contributed by atoms with Gasteiger partial charge in [-0.15, -0.1) is 0 Å². The minimum atomic E-state index is -3.66. The molecule has 1 aromatic carbocycles. The zero-order valence-electron chi connectivity index (χ0n) is 18.8. The predicted molar refractivity (Wildman–Crippen MR) is 126 cm³/mol. The van der Waals surface area contributed by atoms with Gasteiger partial charge in [-0.2, -0.15) is 9.40 Å². The van der Waals surface area contributed by atoms with Gasteiger partial charge in [-0.3, -0.25) is 9.48 Å². The average molecular weight is 467 g/mol. The molecule has 3 aromatic heterocycles. The maximum atomic E-state index is 12.9. The number of carbonyl (C=O) groups is 1. The molecule has 4 rings (SSSR count). The van der Waals surface area contributed by atoms with Crippen molar-refractivity contribution < 1.29 is 13.2 Å². The number of hydrogen-bond acceptors (Lipinski definition) is 5. The van der Waals surface area contributed by atoms with Crippen LogP contribution >= 0.6 is 0 Å². The van der Waals surface area contributed by atoms with Gasteiger partial charge >= 0.3 is 0 Å². The van der Waals surface area contributed by atoms with Crippen molar-refractivity contribution in [2.24, 2.45) is 0 Å². The number of hydrogen-bond donors (Lipinski definition) is 1. The Morgan fingerprint density at radius 3 is 2.64 bits per heavy atom. The average Bonchev–Trinajstić information content (AvgIpc) is 3.40. The smallest absolute Gasteiger partial charge is 0.256 e. The molecule has 0 spiro atoms. The van der Waals surface area contributed by atoms with Crippen molar-refractivity contribution in [3.05, 3.63) is 78.0 Å². The highest BCUT2D eigenvalue weighted by molar-refractivity contribution is 7.89. The van der Waals surface area contributed by atoms with E-state index < -0.39 is 15.9 Å². The molecule has 3 heterocycles. The van der Waals surface area contributed by atoms with Gasteiger partial charge in [-0.05, 0) is 36.8 Å². The van der Waals surface area contributed by atoms with Gasteiger partial charge in [0.15, 0.2) is 0 Å². The third kappa shape index (κ3) is 4.67. The Morgan fingerprint density at radius 2 is 1.91 bits per heavy atom. The minimum absolute atomic E-state index is 0.101. The number of nitrogens with one attached hydrogen (secondary N) is 1. The highest BCUT2D eigenvalue weighted by Gasteiger charge is 2.23. The molecule has 1 amide bonds. The molecule has 1 N–H and O–H groups in total. The molecule has 0 aliphatic heterocycles. The molecule has 0 unspecified atom stereocenters. The predicted octanol–water partition coefficient (Wildman–Crippen LogP) is 3.17. The summed E-state index contributed by atoms with van der Waals surface area (Å²) in [7, 11) is -3.66. The maximum Gasteiger partial charge on any atom is 0.256 e. The number of nitrogens with zero attached hydrogens (tertiary/aromatic N) is 5. The van der Waals surface area contributed by atoms with Crippen molar-refractivity contribution >= 4 is 27.3 Å². The number of pyridine rings is 1. The summed E-state index contributed by atoms with van der Waals surface area (Å²) in [6, 6.07) is 10.4. The van der Waals surface area contributed by atoms with Gasteiger partial charge in [0.05, 0.1) is 29.0 Å². The molecular weight excluding hydrogens is 440 g/mol. The van der Waals surface area contributed by atoms with Crippen molar-refractivity contribution in [2.45, 2.75) is 32.2 Å². The lowest BCUT2D eigenvalue weighted by atomic mass is 10.1. The van der Waals surface area contributed by atoms with Gasteiger partial charge in [0, 0.05) is 37.2 Å². The van der Waals surface area contributed by atoms with E-state index in [0.717, 1.165) is 11.3 Å². The van der Waals surface area contributed by atoms with E-state index >= 15 is 0 Å². The van der Waals surface area contributed by atoms with Crippen molar-refractivity contribution in [1.29, 1.82) is 0 Å². The third-order valence-corrected chi connectivity index (χ3v) is 7.47. The van der Waals surface area contributed by atoms with E-state index in [1.54, 1.807) is 43.9 Å². The number of imidazole rings is 1.